The number of aromatic amines is 1. The van der Waals surface area contributed by atoms with Crippen LogP contribution in [0.2, 0.25) is 0 Å². The van der Waals surface area contributed by atoms with E-state index in [1.807, 2.05) is 26.0 Å². The predicted octanol–water partition coefficient (Wildman–Crippen LogP) is 2.89. The van der Waals surface area contributed by atoms with Gasteiger partial charge in [0.15, 0.2) is 11.5 Å². The van der Waals surface area contributed by atoms with E-state index in [2.05, 4.69) is 25.0 Å². The normalized spacial score (nSPS) is 11.9. The van der Waals surface area contributed by atoms with Crippen molar-refractivity contribution in [3.63, 3.8) is 0 Å². The van der Waals surface area contributed by atoms with E-state index in [1.54, 1.807) is 4.57 Å². The average molecular weight is 459 g/mol. The molecule has 0 saturated carbocycles. The number of ether oxygens (including phenoxy) is 1. The molecule has 0 fully saturated rings. The first-order valence-electron chi connectivity index (χ1n) is 10.1. The highest BCUT2D eigenvalue weighted by atomic mass is 19.4. The van der Waals surface area contributed by atoms with E-state index < -0.39 is 17.6 Å². The number of fused-ring (bicyclic) bond motifs is 2. The molecule has 172 valence electrons. The first-order chi connectivity index (χ1) is 15.6. The zero-order chi connectivity index (χ0) is 23.8. The summed E-state index contributed by atoms with van der Waals surface area (Å²) in [6, 6.07) is 9.39. The molecule has 0 spiro atoms. The summed E-state index contributed by atoms with van der Waals surface area (Å²) in [5.74, 6) is -0.0955. The highest BCUT2D eigenvalue weighted by Gasteiger charge is 2.30. The topological polar surface area (TPSA) is 102 Å². The molecule has 2 aliphatic heterocycles. The average Bonchev–Trinajstić information content (AvgIpc) is 2.72. The van der Waals surface area contributed by atoms with Gasteiger partial charge in [-0.25, -0.2) is 9.78 Å². The second-order valence-electron chi connectivity index (χ2n) is 7.60. The minimum Gasteiger partial charge on any atom is -0.406 e. The molecule has 0 radical (unpaired) electrons. The minimum atomic E-state index is -4.73. The van der Waals surface area contributed by atoms with Gasteiger partial charge in [0.2, 0.25) is 0 Å². The van der Waals surface area contributed by atoms with Gasteiger partial charge in [0.25, 0.3) is 5.56 Å². The van der Waals surface area contributed by atoms with Gasteiger partial charge >= 0.3 is 12.1 Å². The zero-order valence-electron chi connectivity index (χ0n) is 17.8. The number of hydrogen-bond acceptors (Lipinski definition) is 6. The van der Waals surface area contributed by atoms with Gasteiger partial charge in [0.05, 0.1) is 11.0 Å². The third-order valence-electron chi connectivity index (χ3n) is 5.22. The van der Waals surface area contributed by atoms with Crippen molar-refractivity contribution in [1.82, 2.24) is 24.8 Å². The maximum absolute atomic E-state index is 12.3. The van der Waals surface area contributed by atoms with Crippen molar-refractivity contribution in [3.05, 3.63) is 73.9 Å². The highest BCUT2D eigenvalue weighted by Crippen LogP contribution is 2.24. The minimum absolute atomic E-state index is 0.0746. The lowest BCUT2D eigenvalue weighted by molar-refractivity contribution is -0.274. The molecule has 4 rings (SSSR count). The van der Waals surface area contributed by atoms with E-state index in [-0.39, 0.29) is 17.3 Å². The molecule has 0 saturated heterocycles. The summed E-state index contributed by atoms with van der Waals surface area (Å²) in [7, 11) is 0. The number of halogens is 3. The van der Waals surface area contributed by atoms with E-state index in [0.717, 1.165) is 22.2 Å². The number of alkyl halides is 3. The lowest BCUT2D eigenvalue weighted by Gasteiger charge is -2.18. The van der Waals surface area contributed by atoms with Gasteiger partial charge in [-0.1, -0.05) is 12.1 Å². The number of nitrogens with one attached hydrogen (secondary N) is 2. The molecule has 2 N–H and O–H groups in total. The molecule has 0 unspecified atom stereocenters. The number of hydrogen-bond donors (Lipinski definition) is 2. The zero-order valence-corrected chi connectivity index (χ0v) is 17.8. The number of H-pyrrole nitrogens is 1. The van der Waals surface area contributed by atoms with Gasteiger partial charge in [-0.3, -0.25) is 9.78 Å². The molecule has 2 aromatic rings. The van der Waals surface area contributed by atoms with Crippen LogP contribution >= 0.6 is 0 Å². The monoisotopic (exact) mass is 459 g/mol. The highest BCUT2D eigenvalue weighted by molar-refractivity contribution is 5.81. The summed E-state index contributed by atoms with van der Waals surface area (Å²) in [4.78, 5) is 34.7. The Hall–Kier alpha value is -3.73. The van der Waals surface area contributed by atoms with Crippen molar-refractivity contribution in [2.24, 2.45) is 0 Å². The molecule has 0 atom stereocenters. The molecule has 2 aromatic carbocycles. The van der Waals surface area contributed by atoms with Crippen LogP contribution in [0, 0.1) is 13.8 Å². The molecule has 0 aromatic heterocycles. The lowest BCUT2D eigenvalue weighted by Crippen LogP contribution is -2.30. The van der Waals surface area contributed by atoms with Crippen LogP contribution in [0.25, 0.3) is 22.6 Å². The Morgan fingerprint density at radius 2 is 1.76 bits per heavy atom. The van der Waals surface area contributed by atoms with Gasteiger partial charge in [-0.2, -0.15) is 4.98 Å². The molecular weight excluding hydrogens is 439 g/mol. The largest absolute Gasteiger partial charge is 0.573 e. The number of benzene rings is 2. The van der Waals surface area contributed by atoms with Crippen molar-refractivity contribution >= 4 is 11.0 Å². The number of rotatable bonds is 6. The second kappa shape index (κ2) is 8.66. The number of aryl methyl sites for hydroxylation is 2. The van der Waals surface area contributed by atoms with Crippen LogP contribution < -0.4 is 21.3 Å². The summed E-state index contributed by atoms with van der Waals surface area (Å²) in [5.41, 5.74) is 2.87. The van der Waals surface area contributed by atoms with Crippen LogP contribution in [0.1, 0.15) is 16.7 Å². The Morgan fingerprint density at radius 1 is 1.06 bits per heavy atom. The summed E-state index contributed by atoms with van der Waals surface area (Å²) >= 11 is 0. The smallest absolute Gasteiger partial charge is 0.406 e. The van der Waals surface area contributed by atoms with Gasteiger partial charge in [0.1, 0.15) is 5.75 Å². The molecule has 2 heterocycles. The Balaban J connectivity index is 1.56. The maximum Gasteiger partial charge on any atom is 0.573 e. The van der Waals surface area contributed by atoms with E-state index in [4.69, 9.17) is 0 Å². The molecule has 33 heavy (non-hydrogen) atoms. The first kappa shape index (κ1) is 22.5. The molecule has 11 heteroatoms. The molecule has 8 nitrogen and oxygen atoms in total. The SMILES string of the molecule is Cc1cc2nc3c(=O)[nH]c(=O)nc-3n(CCNCc3ccc(OC(F)(F)F)cc3)c2cc1C. The second-order valence-corrected chi connectivity index (χ2v) is 7.60. The molecule has 0 amide bonds. The third-order valence-corrected chi connectivity index (χ3v) is 5.22. The Kier molecular flexibility index (Phi) is 5.90. The quantitative estimate of drug-likeness (QED) is 0.340. The molecule has 2 aliphatic rings. The Morgan fingerprint density at radius 3 is 2.45 bits per heavy atom. The van der Waals surface area contributed by atoms with Gasteiger partial charge < -0.3 is 14.6 Å². The lowest BCUT2D eigenvalue weighted by atomic mass is 10.1. The Bertz CT molecular complexity index is 1390. The van der Waals surface area contributed by atoms with Crippen LogP contribution in [0.5, 0.6) is 5.75 Å². The van der Waals surface area contributed by atoms with E-state index in [0.29, 0.717) is 25.2 Å². The standard InChI is InChI=1S/C22H20F3N5O3/c1-12-9-16-17(10-13(12)2)30(19-18(27-16)20(31)29-21(32)28-19)8-7-26-11-14-3-5-15(6-4-14)33-22(23,24)25/h3-6,9-10,26H,7-8,11H2,1-2H3,(H,29,31,32). The first-order valence-corrected chi connectivity index (χ1v) is 10.1. The van der Waals surface area contributed by atoms with E-state index >= 15 is 0 Å². The predicted molar refractivity (Wildman–Crippen MR) is 115 cm³/mol. The van der Waals surface area contributed by atoms with Gasteiger partial charge in [-0.05, 0) is 54.8 Å². The van der Waals surface area contributed by atoms with E-state index in [9.17, 15) is 22.8 Å². The summed E-state index contributed by atoms with van der Waals surface area (Å²) in [6.45, 7) is 5.12. The fourth-order valence-electron chi connectivity index (χ4n) is 3.51. The van der Waals surface area contributed by atoms with Gasteiger partial charge in [0, 0.05) is 19.6 Å². The van der Waals surface area contributed by atoms with Gasteiger partial charge in [-0.15, -0.1) is 13.2 Å². The number of aromatic nitrogens is 4. The molecular formula is C22H20F3N5O3. The van der Waals surface area contributed by atoms with Crippen LogP contribution in [-0.4, -0.2) is 32.4 Å². The molecule has 0 bridgehead atoms. The van der Waals surface area contributed by atoms with Crippen LogP contribution in [0.15, 0.2) is 46.0 Å². The van der Waals surface area contributed by atoms with Crippen molar-refractivity contribution in [3.8, 4) is 17.3 Å². The van der Waals surface area contributed by atoms with Crippen molar-refractivity contribution in [2.45, 2.75) is 33.3 Å². The summed E-state index contributed by atoms with van der Waals surface area (Å²) < 4.78 is 42.5. The van der Waals surface area contributed by atoms with E-state index in [1.165, 1.54) is 24.3 Å². The number of nitrogens with zero attached hydrogens (tertiary/aromatic N) is 3. The summed E-state index contributed by atoms with van der Waals surface area (Å²) in [5, 5.41) is 3.21. The molecule has 0 aliphatic carbocycles. The Labute approximate surface area is 185 Å². The van der Waals surface area contributed by atoms with Crippen molar-refractivity contribution < 1.29 is 17.9 Å². The van der Waals surface area contributed by atoms with Crippen LogP contribution in [-0.2, 0) is 13.1 Å². The third kappa shape index (κ3) is 5.03. The van der Waals surface area contributed by atoms with Crippen molar-refractivity contribution in [1.29, 1.82) is 0 Å². The van der Waals surface area contributed by atoms with Crippen molar-refractivity contribution in [2.75, 3.05) is 6.54 Å². The maximum atomic E-state index is 12.3. The van der Waals surface area contributed by atoms with Crippen LogP contribution in [0.4, 0.5) is 13.2 Å². The van der Waals surface area contributed by atoms with Crippen LogP contribution in [0.3, 0.4) is 0 Å². The fraction of sp³-hybridized carbons (Fsp3) is 0.273. The summed E-state index contributed by atoms with van der Waals surface area (Å²) in [6.07, 6.45) is -4.73. The fourth-order valence-corrected chi connectivity index (χ4v) is 3.51.